The van der Waals surface area contributed by atoms with E-state index in [1.165, 1.54) is 36.3 Å². The van der Waals surface area contributed by atoms with Gasteiger partial charge in [0, 0.05) is 0 Å². The fourth-order valence-corrected chi connectivity index (χ4v) is 6.99. The number of nitrogens with zero attached hydrogens (tertiary/aromatic N) is 1. The van der Waals surface area contributed by atoms with E-state index < -0.39 is 9.84 Å². The zero-order valence-corrected chi connectivity index (χ0v) is 20.1. The van der Waals surface area contributed by atoms with Crippen molar-refractivity contribution < 1.29 is 13.3 Å². The lowest BCUT2D eigenvalue weighted by atomic mass is 10.0. The lowest BCUT2D eigenvalue weighted by molar-refractivity contribution is 0.143. The van der Waals surface area contributed by atoms with E-state index in [4.69, 9.17) is 21.7 Å². The maximum atomic E-state index is 13.4. The van der Waals surface area contributed by atoms with Gasteiger partial charge in [-0.1, -0.05) is 18.2 Å². The summed E-state index contributed by atoms with van der Waals surface area (Å²) in [7, 11) is -2.35. The predicted molar refractivity (Wildman–Crippen MR) is 131 cm³/mol. The average Bonchev–Trinajstić information content (AvgIpc) is 3.20. The van der Waals surface area contributed by atoms with Crippen molar-refractivity contribution >= 4 is 50.4 Å². The Bertz CT molecular complexity index is 1300. The topological polar surface area (TPSA) is 144 Å². The first-order valence-corrected chi connectivity index (χ1v) is 12.8. The second-order valence-electron chi connectivity index (χ2n) is 6.71. The number of rotatable bonds is 7. The minimum absolute atomic E-state index is 0.123. The standard InChI is InChI=1S/C21H23N5O3S3/c1-12-9-14(25-21(24)26-29-2)7-8-16(12)13-5-4-6-15(10-13)32(27,28)18-11-17(19(22)23)31-20(18)30-3/h4-11H,1-3H3,(H3,22,23)(H3,24,25,26). The number of aryl methyl sites for hydroxylation is 1. The highest BCUT2D eigenvalue weighted by atomic mass is 32.2. The Balaban J connectivity index is 2.02. The second kappa shape index (κ2) is 9.74. The van der Waals surface area contributed by atoms with E-state index in [9.17, 15) is 8.42 Å². The minimum Gasteiger partial charge on any atom is -0.383 e. The van der Waals surface area contributed by atoms with Crippen LogP contribution in [-0.2, 0) is 14.7 Å². The molecule has 0 radical (unpaired) electrons. The minimum atomic E-state index is -3.79. The largest absolute Gasteiger partial charge is 0.383 e. The molecule has 0 saturated carbocycles. The molecule has 0 bridgehead atoms. The molecule has 6 N–H and O–H groups in total. The van der Waals surface area contributed by atoms with E-state index in [2.05, 4.69) is 10.5 Å². The van der Waals surface area contributed by atoms with Crippen molar-refractivity contribution in [2.24, 2.45) is 16.5 Å². The van der Waals surface area contributed by atoms with Crippen LogP contribution in [-0.4, -0.2) is 33.6 Å². The van der Waals surface area contributed by atoms with Crippen molar-refractivity contribution in [3.05, 3.63) is 59.0 Å². The average molecular weight is 490 g/mol. The Morgan fingerprint density at radius 3 is 2.56 bits per heavy atom. The van der Waals surface area contributed by atoms with Crippen molar-refractivity contribution in [1.82, 2.24) is 5.48 Å². The number of hydroxylamine groups is 1. The number of nitrogens with one attached hydrogen (secondary N) is 2. The molecule has 0 fully saturated rings. The Kier molecular flexibility index (Phi) is 7.24. The lowest BCUT2D eigenvalue weighted by Gasteiger charge is -2.10. The highest BCUT2D eigenvalue weighted by molar-refractivity contribution is 8.01. The van der Waals surface area contributed by atoms with Gasteiger partial charge in [-0.3, -0.25) is 10.2 Å². The highest BCUT2D eigenvalue weighted by Gasteiger charge is 2.25. The molecule has 0 spiro atoms. The van der Waals surface area contributed by atoms with E-state index in [0.29, 0.717) is 14.8 Å². The number of benzene rings is 2. The molecule has 1 heterocycles. The fourth-order valence-electron chi connectivity index (χ4n) is 3.09. The molecule has 168 valence electrons. The van der Waals surface area contributed by atoms with E-state index >= 15 is 0 Å². The number of sulfone groups is 1. The SMILES string of the molecule is CONC(N)=Nc1ccc(-c2cccc(S(=O)(=O)c3cc(C(=N)N)sc3SC)c2)c(C)c1. The molecular weight excluding hydrogens is 466 g/mol. The smallest absolute Gasteiger partial charge is 0.218 e. The Morgan fingerprint density at radius 2 is 1.94 bits per heavy atom. The van der Waals surface area contributed by atoms with Crippen LogP contribution < -0.4 is 16.9 Å². The van der Waals surface area contributed by atoms with Gasteiger partial charge in [-0.05, 0) is 60.2 Å². The van der Waals surface area contributed by atoms with Crippen LogP contribution in [0.2, 0.25) is 0 Å². The summed E-state index contributed by atoms with van der Waals surface area (Å²) in [5.74, 6) is -0.0294. The van der Waals surface area contributed by atoms with Crippen molar-refractivity contribution in [2.75, 3.05) is 13.4 Å². The first kappa shape index (κ1) is 23.8. The molecular formula is C21H23N5O3S3. The quantitative estimate of drug-likeness (QED) is 0.172. The predicted octanol–water partition coefficient (Wildman–Crippen LogP) is 3.66. The number of thioether (sulfide) groups is 1. The van der Waals surface area contributed by atoms with Crippen LogP contribution in [0, 0.1) is 12.3 Å². The van der Waals surface area contributed by atoms with Crippen LogP contribution in [0.1, 0.15) is 10.4 Å². The van der Waals surface area contributed by atoms with Crippen LogP contribution in [0.5, 0.6) is 0 Å². The van der Waals surface area contributed by atoms with Gasteiger partial charge in [-0.2, -0.15) is 0 Å². The van der Waals surface area contributed by atoms with Crippen LogP contribution >= 0.6 is 23.1 Å². The molecule has 2 aromatic carbocycles. The number of aliphatic imine (C=N–C) groups is 1. The van der Waals surface area contributed by atoms with Gasteiger partial charge in [-0.25, -0.2) is 18.9 Å². The molecule has 0 saturated heterocycles. The number of nitrogen functional groups attached to an aromatic ring is 1. The first-order chi connectivity index (χ1) is 15.2. The van der Waals surface area contributed by atoms with Gasteiger partial charge >= 0.3 is 0 Å². The zero-order valence-electron chi connectivity index (χ0n) is 17.7. The summed E-state index contributed by atoms with van der Waals surface area (Å²) in [6.07, 6.45) is 1.80. The summed E-state index contributed by atoms with van der Waals surface area (Å²) in [4.78, 5) is 9.71. The molecule has 0 aliphatic carbocycles. The van der Waals surface area contributed by atoms with Gasteiger partial charge in [0.25, 0.3) is 0 Å². The number of thiophene rings is 1. The molecule has 3 aromatic rings. The summed E-state index contributed by atoms with van der Waals surface area (Å²) < 4.78 is 27.4. The summed E-state index contributed by atoms with van der Waals surface area (Å²) in [6, 6.07) is 13.8. The molecule has 1 aromatic heterocycles. The monoisotopic (exact) mass is 489 g/mol. The third kappa shape index (κ3) is 4.96. The van der Waals surface area contributed by atoms with Crippen LogP contribution in [0.4, 0.5) is 5.69 Å². The summed E-state index contributed by atoms with van der Waals surface area (Å²) in [6.45, 7) is 1.92. The van der Waals surface area contributed by atoms with Crippen molar-refractivity contribution in [1.29, 1.82) is 5.41 Å². The van der Waals surface area contributed by atoms with E-state index in [1.54, 1.807) is 30.5 Å². The van der Waals surface area contributed by atoms with Crippen LogP contribution in [0.3, 0.4) is 0 Å². The van der Waals surface area contributed by atoms with E-state index in [0.717, 1.165) is 16.7 Å². The summed E-state index contributed by atoms with van der Waals surface area (Å²) >= 11 is 2.52. The molecule has 32 heavy (non-hydrogen) atoms. The van der Waals surface area contributed by atoms with Crippen LogP contribution in [0.25, 0.3) is 11.1 Å². The molecule has 3 rings (SSSR count). The van der Waals surface area contributed by atoms with Gasteiger partial charge in [0.05, 0.1) is 31.7 Å². The first-order valence-electron chi connectivity index (χ1n) is 9.29. The van der Waals surface area contributed by atoms with Gasteiger partial charge < -0.3 is 11.5 Å². The number of guanidine groups is 1. The van der Waals surface area contributed by atoms with Crippen molar-refractivity contribution in [3.8, 4) is 11.1 Å². The molecule has 11 heteroatoms. The van der Waals surface area contributed by atoms with Crippen molar-refractivity contribution in [2.45, 2.75) is 20.9 Å². The molecule has 0 unspecified atom stereocenters. The maximum absolute atomic E-state index is 13.4. The Morgan fingerprint density at radius 1 is 1.19 bits per heavy atom. The number of nitrogens with two attached hydrogens (primary N) is 2. The Labute approximate surface area is 195 Å². The zero-order chi connectivity index (χ0) is 23.5. The molecule has 0 aliphatic rings. The summed E-state index contributed by atoms with van der Waals surface area (Å²) in [5, 5.41) is 7.64. The van der Waals surface area contributed by atoms with Gasteiger partial charge in [0.1, 0.15) is 5.84 Å². The van der Waals surface area contributed by atoms with Gasteiger partial charge in [0.2, 0.25) is 15.8 Å². The molecule has 0 aliphatic heterocycles. The second-order valence-corrected chi connectivity index (χ2v) is 10.8. The van der Waals surface area contributed by atoms with E-state index in [-0.39, 0.29) is 21.6 Å². The molecule has 0 atom stereocenters. The molecule has 8 nitrogen and oxygen atoms in total. The van der Waals surface area contributed by atoms with Crippen molar-refractivity contribution in [3.63, 3.8) is 0 Å². The van der Waals surface area contributed by atoms with Crippen LogP contribution in [0.15, 0.2) is 67.5 Å². The summed E-state index contributed by atoms with van der Waals surface area (Å²) in [5.41, 5.74) is 16.9. The van der Waals surface area contributed by atoms with Gasteiger partial charge in [0.15, 0.2) is 0 Å². The third-order valence-electron chi connectivity index (χ3n) is 4.53. The third-order valence-corrected chi connectivity index (χ3v) is 8.87. The van der Waals surface area contributed by atoms with E-state index in [1.807, 2.05) is 25.1 Å². The Hall–Kier alpha value is -2.86. The highest BCUT2D eigenvalue weighted by Crippen LogP contribution is 2.38. The fraction of sp³-hybridized carbons (Fsp3) is 0.143. The maximum Gasteiger partial charge on any atom is 0.218 e. The number of hydrogen-bond acceptors (Lipinski definition) is 7. The number of amidine groups is 1. The lowest BCUT2D eigenvalue weighted by Crippen LogP contribution is -2.30. The molecule has 0 amide bonds. The number of hydrogen-bond donors (Lipinski definition) is 4. The normalized spacial score (nSPS) is 12.0. The van der Waals surface area contributed by atoms with Gasteiger partial charge in [-0.15, -0.1) is 23.1 Å².